The Morgan fingerprint density at radius 3 is 2.87 bits per heavy atom. The monoisotopic (exact) mass is 405 g/mol. The van der Waals surface area contributed by atoms with Crippen molar-refractivity contribution in [3.63, 3.8) is 0 Å². The van der Waals surface area contributed by atoms with E-state index in [-0.39, 0.29) is 11.7 Å². The number of aromatic carboxylic acids is 1. The van der Waals surface area contributed by atoms with E-state index in [4.69, 9.17) is 9.47 Å². The molecule has 0 aliphatic carbocycles. The van der Waals surface area contributed by atoms with E-state index in [0.29, 0.717) is 37.7 Å². The molecule has 1 aromatic carbocycles. The Morgan fingerprint density at radius 1 is 1.23 bits per heavy atom. The second-order valence-electron chi connectivity index (χ2n) is 7.23. The van der Waals surface area contributed by atoms with Crippen LogP contribution in [0.4, 0.5) is 5.69 Å². The van der Waals surface area contributed by atoms with Crippen LogP contribution in [0.1, 0.15) is 33.3 Å². The van der Waals surface area contributed by atoms with Crippen LogP contribution in [0.2, 0.25) is 0 Å². The minimum absolute atomic E-state index is 0.203. The Kier molecular flexibility index (Phi) is 5.90. The number of carboxylic acid groups (broad SMARTS) is 1. The van der Waals surface area contributed by atoms with Crippen molar-refractivity contribution in [2.24, 2.45) is 0 Å². The minimum Gasteiger partial charge on any atom is -0.487 e. The number of benzene rings is 1. The smallest absolute Gasteiger partial charge is 0.335 e. The maximum absolute atomic E-state index is 11.2. The van der Waals surface area contributed by atoms with E-state index in [2.05, 4.69) is 46.1 Å². The predicted octanol–water partition coefficient (Wildman–Crippen LogP) is 3.64. The van der Waals surface area contributed by atoms with Crippen LogP contribution in [0, 0.1) is 6.92 Å². The summed E-state index contributed by atoms with van der Waals surface area (Å²) in [6.07, 6.45) is 4.69. The number of aromatic nitrogens is 2. The fourth-order valence-corrected chi connectivity index (χ4v) is 3.33. The SMILES string of the molecule is Cc1ccc(COc2cncc(N3CCOC(c4cc(C(=O)O)ccn4)C3)c2)cc1. The lowest BCUT2D eigenvalue weighted by Gasteiger charge is -2.34. The molecule has 2 aromatic heterocycles. The van der Waals surface area contributed by atoms with Gasteiger partial charge in [-0.25, -0.2) is 4.79 Å². The summed E-state index contributed by atoms with van der Waals surface area (Å²) in [6, 6.07) is 13.2. The maximum atomic E-state index is 11.2. The van der Waals surface area contributed by atoms with Gasteiger partial charge in [0.1, 0.15) is 18.5 Å². The molecule has 7 nitrogen and oxygen atoms in total. The van der Waals surface area contributed by atoms with Crippen molar-refractivity contribution in [3.8, 4) is 5.75 Å². The Labute approximate surface area is 174 Å². The second-order valence-corrected chi connectivity index (χ2v) is 7.23. The van der Waals surface area contributed by atoms with Gasteiger partial charge in [-0.3, -0.25) is 9.97 Å². The number of rotatable bonds is 6. The molecule has 1 aliphatic rings. The summed E-state index contributed by atoms with van der Waals surface area (Å²) in [6.45, 7) is 4.31. The molecule has 0 saturated carbocycles. The summed E-state index contributed by atoms with van der Waals surface area (Å²) in [4.78, 5) is 22.0. The Bertz CT molecular complexity index is 1020. The summed E-state index contributed by atoms with van der Waals surface area (Å²) in [5.41, 5.74) is 4.06. The van der Waals surface area contributed by atoms with Gasteiger partial charge in [-0.1, -0.05) is 29.8 Å². The van der Waals surface area contributed by atoms with Crippen LogP contribution in [0.15, 0.2) is 61.1 Å². The number of aryl methyl sites for hydroxylation is 1. The Morgan fingerprint density at radius 2 is 2.07 bits per heavy atom. The Balaban J connectivity index is 1.44. The molecule has 1 N–H and O–H groups in total. The number of carboxylic acids is 1. The van der Waals surface area contributed by atoms with Crippen LogP contribution in [0.5, 0.6) is 5.75 Å². The second kappa shape index (κ2) is 8.92. The number of nitrogens with zero attached hydrogens (tertiary/aromatic N) is 3. The molecular formula is C23H23N3O4. The highest BCUT2D eigenvalue weighted by atomic mass is 16.5. The lowest BCUT2D eigenvalue weighted by molar-refractivity contribution is 0.0369. The van der Waals surface area contributed by atoms with E-state index < -0.39 is 5.97 Å². The van der Waals surface area contributed by atoms with Gasteiger partial charge in [0.2, 0.25) is 0 Å². The normalized spacial score (nSPS) is 16.3. The molecule has 3 heterocycles. The summed E-state index contributed by atoms with van der Waals surface area (Å²) >= 11 is 0. The van der Waals surface area contributed by atoms with Gasteiger partial charge < -0.3 is 19.5 Å². The molecule has 0 spiro atoms. The van der Waals surface area contributed by atoms with Crippen molar-refractivity contribution >= 4 is 11.7 Å². The van der Waals surface area contributed by atoms with Crippen molar-refractivity contribution in [2.45, 2.75) is 19.6 Å². The number of hydrogen-bond donors (Lipinski definition) is 1. The van der Waals surface area contributed by atoms with Crippen LogP contribution < -0.4 is 9.64 Å². The standard InChI is InChI=1S/C23H23N3O4/c1-16-2-4-17(5-3-16)15-30-20-11-19(12-24-13-20)26-8-9-29-22(14-26)21-10-18(23(27)28)6-7-25-21/h2-7,10-13,22H,8-9,14-15H2,1H3,(H,27,28). The highest BCUT2D eigenvalue weighted by Gasteiger charge is 2.24. The lowest BCUT2D eigenvalue weighted by Crippen LogP contribution is -2.38. The van der Waals surface area contributed by atoms with Gasteiger partial charge in [-0.2, -0.15) is 0 Å². The van der Waals surface area contributed by atoms with Crippen molar-refractivity contribution in [1.82, 2.24) is 9.97 Å². The molecule has 1 unspecified atom stereocenters. The number of hydrogen-bond acceptors (Lipinski definition) is 6. The molecule has 1 atom stereocenters. The molecule has 154 valence electrons. The van der Waals surface area contributed by atoms with Crippen LogP contribution in [-0.4, -0.2) is 40.7 Å². The number of morpholine rings is 1. The molecule has 4 rings (SSSR count). The lowest BCUT2D eigenvalue weighted by atomic mass is 10.1. The summed E-state index contributed by atoms with van der Waals surface area (Å²) in [7, 11) is 0. The zero-order valence-corrected chi connectivity index (χ0v) is 16.7. The van der Waals surface area contributed by atoms with Crippen molar-refractivity contribution in [3.05, 3.63) is 83.4 Å². The first kappa shape index (κ1) is 19.8. The van der Waals surface area contributed by atoms with Crippen molar-refractivity contribution < 1.29 is 19.4 Å². The average Bonchev–Trinajstić information content (AvgIpc) is 2.79. The molecule has 0 radical (unpaired) electrons. The van der Waals surface area contributed by atoms with Crippen molar-refractivity contribution in [2.75, 3.05) is 24.6 Å². The largest absolute Gasteiger partial charge is 0.487 e. The average molecular weight is 405 g/mol. The van der Waals surface area contributed by atoms with Crippen molar-refractivity contribution in [1.29, 1.82) is 0 Å². The molecule has 30 heavy (non-hydrogen) atoms. The molecule has 7 heteroatoms. The van der Waals surface area contributed by atoms with E-state index in [1.165, 1.54) is 17.8 Å². The summed E-state index contributed by atoms with van der Waals surface area (Å²) in [5.74, 6) is -0.281. The summed E-state index contributed by atoms with van der Waals surface area (Å²) < 4.78 is 11.8. The predicted molar refractivity (Wildman–Crippen MR) is 112 cm³/mol. The summed E-state index contributed by atoms with van der Waals surface area (Å²) in [5, 5.41) is 9.21. The first-order chi connectivity index (χ1) is 14.6. The highest BCUT2D eigenvalue weighted by molar-refractivity contribution is 5.87. The van der Waals surface area contributed by atoms with Gasteiger partial charge >= 0.3 is 5.97 Å². The van der Waals surface area contributed by atoms with Crippen LogP contribution in [0.3, 0.4) is 0 Å². The van der Waals surface area contributed by atoms with Crippen LogP contribution in [-0.2, 0) is 11.3 Å². The molecule has 0 amide bonds. The van der Waals surface area contributed by atoms with E-state index in [1.54, 1.807) is 18.5 Å². The molecular weight excluding hydrogens is 382 g/mol. The Hall–Kier alpha value is -3.45. The minimum atomic E-state index is -0.978. The van der Waals surface area contributed by atoms with Gasteiger partial charge in [0.15, 0.2) is 0 Å². The third-order valence-electron chi connectivity index (χ3n) is 5.01. The molecule has 3 aromatic rings. The quantitative estimate of drug-likeness (QED) is 0.670. The maximum Gasteiger partial charge on any atom is 0.335 e. The van der Waals surface area contributed by atoms with E-state index in [0.717, 1.165) is 11.3 Å². The fraction of sp³-hybridized carbons (Fsp3) is 0.261. The zero-order valence-electron chi connectivity index (χ0n) is 16.7. The van der Waals surface area contributed by atoms with E-state index in [1.807, 2.05) is 6.07 Å². The van der Waals surface area contributed by atoms with E-state index in [9.17, 15) is 9.90 Å². The topological polar surface area (TPSA) is 84.8 Å². The number of carbonyl (C=O) groups is 1. The van der Waals surface area contributed by atoms with Gasteiger partial charge in [-0.05, 0) is 24.6 Å². The fourth-order valence-electron chi connectivity index (χ4n) is 3.33. The van der Waals surface area contributed by atoms with Gasteiger partial charge in [-0.15, -0.1) is 0 Å². The van der Waals surface area contributed by atoms with E-state index >= 15 is 0 Å². The van der Waals surface area contributed by atoms with Gasteiger partial charge in [0.25, 0.3) is 0 Å². The first-order valence-corrected chi connectivity index (χ1v) is 9.78. The zero-order chi connectivity index (χ0) is 20.9. The molecule has 0 bridgehead atoms. The van der Waals surface area contributed by atoms with Crippen LogP contribution in [0.25, 0.3) is 0 Å². The number of pyridine rings is 2. The molecule has 1 saturated heterocycles. The third-order valence-corrected chi connectivity index (χ3v) is 5.01. The van der Waals surface area contributed by atoms with Gasteiger partial charge in [0, 0.05) is 18.8 Å². The van der Waals surface area contributed by atoms with Gasteiger partial charge in [0.05, 0.1) is 42.5 Å². The molecule has 1 fully saturated rings. The number of anilines is 1. The van der Waals surface area contributed by atoms with Crippen LogP contribution >= 0.6 is 0 Å². The molecule has 1 aliphatic heterocycles. The first-order valence-electron chi connectivity index (χ1n) is 9.78. The third kappa shape index (κ3) is 4.75. The highest BCUT2D eigenvalue weighted by Crippen LogP contribution is 2.27. The number of ether oxygens (including phenoxy) is 2.